The molecule has 1 aliphatic carbocycles. The van der Waals surface area contributed by atoms with Gasteiger partial charge in [-0.3, -0.25) is 4.79 Å². The number of rotatable bonds is 7. The van der Waals surface area contributed by atoms with Gasteiger partial charge in [0.1, 0.15) is 11.5 Å². The Bertz CT molecular complexity index is 1360. The van der Waals surface area contributed by atoms with Gasteiger partial charge >= 0.3 is 0 Å². The largest absolute Gasteiger partial charge is 0.497 e. The lowest BCUT2D eigenvalue weighted by Crippen LogP contribution is -2.41. The highest BCUT2D eigenvalue weighted by molar-refractivity contribution is 5.97. The maximum atomic E-state index is 13.7. The molecule has 0 saturated carbocycles. The molecule has 3 aromatic carbocycles. The molecule has 0 bridgehead atoms. The molecule has 1 saturated heterocycles. The quantitative estimate of drug-likeness (QED) is 0.453. The van der Waals surface area contributed by atoms with E-state index in [2.05, 4.69) is 18.2 Å². The third-order valence-electron chi connectivity index (χ3n) is 7.53. The van der Waals surface area contributed by atoms with Gasteiger partial charge < -0.3 is 28.6 Å². The van der Waals surface area contributed by atoms with E-state index in [1.165, 1.54) is 0 Å². The summed E-state index contributed by atoms with van der Waals surface area (Å²) >= 11 is 0. The molecule has 0 spiro atoms. The lowest BCUT2D eigenvalue weighted by atomic mass is 9.66. The predicted octanol–water partition coefficient (Wildman–Crippen LogP) is 4.75. The second-order valence-electron chi connectivity index (χ2n) is 9.40. The predicted molar refractivity (Wildman–Crippen MR) is 146 cm³/mol. The Hall–Kier alpha value is -3.97. The highest BCUT2D eigenvalue weighted by atomic mass is 16.5. The third kappa shape index (κ3) is 4.47. The highest BCUT2D eigenvalue weighted by Gasteiger charge is 2.39. The molecule has 0 N–H and O–H groups in total. The molecular weight excluding hydrogens is 482 g/mol. The summed E-state index contributed by atoms with van der Waals surface area (Å²) in [5.41, 5.74) is 4.06. The summed E-state index contributed by atoms with van der Waals surface area (Å²) < 4.78 is 28.1. The summed E-state index contributed by atoms with van der Waals surface area (Å²) in [5.74, 6) is 2.72. The fourth-order valence-corrected chi connectivity index (χ4v) is 5.48. The maximum Gasteiger partial charge on any atom is 0.254 e. The number of carbonyl (C=O) groups is 1. The fourth-order valence-electron chi connectivity index (χ4n) is 5.48. The van der Waals surface area contributed by atoms with Crippen molar-refractivity contribution in [3.8, 4) is 23.0 Å². The zero-order valence-electron chi connectivity index (χ0n) is 22.3. The van der Waals surface area contributed by atoms with Crippen LogP contribution in [0.3, 0.4) is 0 Å². The minimum absolute atomic E-state index is 0.0309. The van der Waals surface area contributed by atoms with Crippen molar-refractivity contribution in [1.29, 1.82) is 0 Å². The molecule has 38 heavy (non-hydrogen) atoms. The molecule has 1 heterocycles. The van der Waals surface area contributed by atoms with Gasteiger partial charge in [0.15, 0.2) is 11.5 Å². The number of hydrogen-bond donors (Lipinski definition) is 0. The standard InChI is InChI=1S/C31H33NO6/c1-34-23-9-10-26(28(19-23)36-3)31(22-8-11-27(35-2)29(18-22)37-4)13-12-21-6-5-7-24(25(21)20-31)30(33)32-14-16-38-17-15-32/h5-13,18-19H,14-17,20H2,1-4H3. The van der Waals surface area contributed by atoms with Crippen molar-refractivity contribution >= 4 is 12.0 Å². The number of allylic oxidation sites excluding steroid dienone is 1. The molecule has 198 valence electrons. The van der Waals surface area contributed by atoms with Crippen LogP contribution >= 0.6 is 0 Å². The second-order valence-corrected chi connectivity index (χ2v) is 9.40. The average molecular weight is 516 g/mol. The smallest absolute Gasteiger partial charge is 0.254 e. The van der Waals surface area contributed by atoms with Gasteiger partial charge in [-0.05, 0) is 47.4 Å². The number of fused-ring (bicyclic) bond motifs is 1. The van der Waals surface area contributed by atoms with Crippen LogP contribution in [0.15, 0.2) is 60.7 Å². The van der Waals surface area contributed by atoms with E-state index < -0.39 is 5.41 Å². The Balaban J connectivity index is 1.70. The third-order valence-corrected chi connectivity index (χ3v) is 7.53. The molecule has 5 rings (SSSR count). The fraction of sp³-hybridized carbons (Fsp3) is 0.323. The van der Waals surface area contributed by atoms with Crippen LogP contribution in [-0.4, -0.2) is 65.5 Å². The normalized spacial score (nSPS) is 18.5. The van der Waals surface area contributed by atoms with Crippen molar-refractivity contribution < 1.29 is 28.5 Å². The first-order valence-corrected chi connectivity index (χ1v) is 12.7. The Labute approximate surface area is 223 Å². The minimum Gasteiger partial charge on any atom is -0.497 e. The van der Waals surface area contributed by atoms with E-state index >= 15 is 0 Å². The van der Waals surface area contributed by atoms with Crippen LogP contribution in [0.2, 0.25) is 0 Å². The van der Waals surface area contributed by atoms with E-state index in [-0.39, 0.29) is 5.91 Å². The molecule has 1 aliphatic heterocycles. The number of hydrogen-bond acceptors (Lipinski definition) is 6. The van der Waals surface area contributed by atoms with E-state index in [0.717, 1.165) is 22.3 Å². The van der Waals surface area contributed by atoms with E-state index in [1.807, 2.05) is 53.4 Å². The molecule has 2 aliphatic rings. The summed E-state index contributed by atoms with van der Waals surface area (Å²) in [5, 5.41) is 0. The lowest BCUT2D eigenvalue weighted by molar-refractivity contribution is 0.0302. The zero-order chi connectivity index (χ0) is 26.7. The van der Waals surface area contributed by atoms with Crippen molar-refractivity contribution in [2.75, 3.05) is 54.7 Å². The molecule has 0 radical (unpaired) electrons. The van der Waals surface area contributed by atoms with Gasteiger partial charge in [-0.1, -0.05) is 36.4 Å². The number of ether oxygens (including phenoxy) is 5. The number of morpholine rings is 1. The van der Waals surface area contributed by atoms with Crippen LogP contribution in [0.1, 0.15) is 32.6 Å². The SMILES string of the molecule is COc1ccc(C2(c3ccc(OC)c(OC)c3)C=Cc3cccc(C(=O)N4CCOCC4)c3C2)c(OC)c1. The molecule has 7 heteroatoms. The molecule has 3 aromatic rings. The number of amides is 1. The second kappa shape index (κ2) is 10.8. The van der Waals surface area contributed by atoms with Gasteiger partial charge in [-0.15, -0.1) is 0 Å². The van der Waals surface area contributed by atoms with Crippen molar-refractivity contribution in [3.05, 3.63) is 88.5 Å². The van der Waals surface area contributed by atoms with E-state index in [4.69, 9.17) is 23.7 Å². The van der Waals surface area contributed by atoms with Gasteiger partial charge in [-0.2, -0.15) is 0 Å². The number of carbonyl (C=O) groups excluding carboxylic acids is 1. The van der Waals surface area contributed by atoms with Crippen LogP contribution in [0.25, 0.3) is 6.08 Å². The molecule has 7 nitrogen and oxygen atoms in total. The van der Waals surface area contributed by atoms with Crippen LogP contribution in [0.4, 0.5) is 0 Å². The topological polar surface area (TPSA) is 66.5 Å². The van der Waals surface area contributed by atoms with E-state index in [0.29, 0.717) is 61.3 Å². The van der Waals surface area contributed by atoms with Crippen molar-refractivity contribution in [3.63, 3.8) is 0 Å². The van der Waals surface area contributed by atoms with Crippen LogP contribution in [0.5, 0.6) is 23.0 Å². The van der Waals surface area contributed by atoms with Crippen LogP contribution in [0, 0.1) is 0 Å². The maximum absolute atomic E-state index is 13.7. The Kier molecular flexibility index (Phi) is 7.29. The van der Waals surface area contributed by atoms with Gasteiger partial charge in [-0.25, -0.2) is 0 Å². The first-order chi connectivity index (χ1) is 18.5. The van der Waals surface area contributed by atoms with Crippen molar-refractivity contribution in [2.45, 2.75) is 11.8 Å². The first kappa shape index (κ1) is 25.7. The zero-order valence-corrected chi connectivity index (χ0v) is 22.3. The Morgan fingerprint density at radius 3 is 2.32 bits per heavy atom. The number of methoxy groups -OCH3 is 4. The number of nitrogens with zero attached hydrogens (tertiary/aromatic N) is 1. The minimum atomic E-state index is -0.647. The average Bonchev–Trinajstić information content (AvgIpc) is 2.99. The molecule has 1 amide bonds. The molecule has 1 fully saturated rings. The van der Waals surface area contributed by atoms with E-state index in [1.54, 1.807) is 28.4 Å². The van der Waals surface area contributed by atoms with Gasteiger partial charge in [0.05, 0.1) is 41.7 Å². The lowest BCUT2D eigenvalue weighted by Gasteiger charge is -2.38. The molecule has 0 aromatic heterocycles. The Morgan fingerprint density at radius 1 is 0.842 bits per heavy atom. The molecular formula is C31H33NO6. The Morgan fingerprint density at radius 2 is 1.61 bits per heavy atom. The van der Waals surface area contributed by atoms with Crippen molar-refractivity contribution in [1.82, 2.24) is 4.90 Å². The van der Waals surface area contributed by atoms with Gasteiger partial charge in [0.2, 0.25) is 0 Å². The summed E-state index contributed by atoms with van der Waals surface area (Å²) in [4.78, 5) is 15.6. The summed E-state index contributed by atoms with van der Waals surface area (Å²) in [7, 11) is 6.56. The molecule has 1 unspecified atom stereocenters. The van der Waals surface area contributed by atoms with Crippen molar-refractivity contribution in [2.24, 2.45) is 0 Å². The summed E-state index contributed by atoms with van der Waals surface area (Å²) in [6.45, 7) is 2.29. The highest BCUT2D eigenvalue weighted by Crippen LogP contribution is 2.48. The summed E-state index contributed by atoms with van der Waals surface area (Å²) in [6, 6.07) is 17.8. The number of benzene rings is 3. The van der Waals surface area contributed by atoms with Gasteiger partial charge in [0, 0.05) is 35.7 Å². The van der Waals surface area contributed by atoms with Crippen LogP contribution < -0.4 is 18.9 Å². The van der Waals surface area contributed by atoms with Crippen LogP contribution in [-0.2, 0) is 16.6 Å². The summed E-state index contributed by atoms with van der Waals surface area (Å²) in [6.07, 6.45) is 4.86. The van der Waals surface area contributed by atoms with E-state index in [9.17, 15) is 4.79 Å². The molecule has 1 atom stereocenters. The first-order valence-electron chi connectivity index (χ1n) is 12.7. The monoisotopic (exact) mass is 515 g/mol. The van der Waals surface area contributed by atoms with Gasteiger partial charge in [0.25, 0.3) is 5.91 Å².